The van der Waals surface area contributed by atoms with Gasteiger partial charge in [-0.05, 0) is 43.7 Å². The van der Waals surface area contributed by atoms with Crippen molar-refractivity contribution in [2.45, 2.75) is 26.7 Å². The van der Waals surface area contributed by atoms with Gasteiger partial charge in [0, 0.05) is 36.6 Å². The molecular formula is C19H20N4O2. The number of anilines is 2. The third-order valence-electron chi connectivity index (χ3n) is 3.88. The second-order valence-electron chi connectivity index (χ2n) is 5.88. The number of carbonyl (C=O) groups is 2. The summed E-state index contributed by atoms with van der Waals surface area (Å²) in [5, 5.41) is 5.56. The first-order valence-corrected chi connectivity index (χ1v) is 8.13. The van der Waals surface area contributed by atoms with Crippen LogP contribution in [0.4, 0.5) is 11.4 Å². The van der Waals surface area contributed by atoms with E-state index >= 15 is 0 Å². The average Bonchev–Trinajstić information content (AvgIpc) is 2.88. The molecule has 0 atom stereocenters. The lowest BCUT2D eigenvalue weighted by Gasteiger charge is -2.08. The van der Waals surface area contributed by atoms with Gasteiger partial charge in [-0.25, -0.2) is 4.98 Å². The quantitative estimate of drug-likeness (QED) is 0.751. The van der Waals surface area contributed by atoms with Crippen LogP contribution in [0.25, 0.3) is 5.65 Å². The molecule has 2 aromatic heterocycles. The molecule has 0 aliphatic heterocycles. The minimum Gasteiger partial charge on any atom is -0.326 e. The van der Waals surface area contributed by atoms with Gasteiger partial charge in [0.2, 0.25) is 11.8 Å². The minimum atomic E-state index is -0.147. The lowest BCUT2D eigenvalue weighted by Crippen LogP contribution is -2.13. The Hall–Kier alpha value is -3.15. The molecule has 25 heavy (non-hydrogen) atoms. The van der Waals surface area contributed by atoms with Crippen molar-refractivity contribution in [3.63, 3.8) is 0 Å². The molecule has 0 saturated heterocycles. The maximum atomic E-state index is 12.3. The fraction of sp³-hybridized carbons (Fsp3) is 0.211. The molecular weight excluding hydrogens is 316 g/mol. The molecule has 6 nitrogen and oxygen atoms in total. The smallest absolute Gasteiger partial charge is 0.224 e. The number of fused-ring (bicyclic) bond motifs is 1. The Kier molecular flexibility index (Phi) is 4.79. The first-order chi connectivity index (χ1) is 12.0. The average molecular weight is 336 g/mol. The summed E-state index contributed by atoms with van der Waals surface area (Å²) < 4.78 is 2.01. The van der Waals surface area contributed by atoms with E-state index in [-0.39, 0.29) is 11.8 Å². The summed E-state index contributed by atoms with van der Waals surface area (Å²) in [7, 11) is 0. The number of rotatable bonds is 5. The maximum absolute atomic E-state index is 12.3. The van der Waals surface area contributed by atoms with Gasteiger partial charge in [0.1, 0.15) is 5.65 Å². The van der Waals surface area contributed by atoms with Crippen molar-refractivity contribution in [1.29, 1.82) is 0 Å². The third-order valence-corrected chi connectivity index (χ3v) is 3.88. The number of aryl methyl sites for hydroxylation is 2. The van der Waals surface area contributed by atoms with Crippen LogP contribution < -0.4 is 10.6 Å². The molecule has 2 N–H and O–H groups in total. The van der Waals surface area contributed by atoms with Crippen LogP contribution in [-0.2, 0) is 16.0 Å². The molecule has 0 aliphatic carbocycles. The SMILES string of the molecule is CC(=O)Nc1cccc(NC(=O)CCc2c(C)nc3ccccn23)c1. The van der Waals surface area contributed by atoms with Crippen LogP contribution in [0, 0.1) is 6.92 Å². The molecule has 2 heterocycles. The number of pyridine rings is 1. The van der Waals surface area contributed by atoms with Gasteiger partial charge < -0.3 is 15.0 Å². The fourth-order valence-corrected chi connectivity index (χ4v) is 2.80. The molecule has 0 unspecified atom stereocenters. The highest BCUT2D eigenvalue weighted by atomic mass is 16.2. The van der Waals surface area contributed by atoms with E-state index in [2.05, 4.69) is 15.6 Å². The second-order valence-corrected chi connectivity index (χ2v) is 5.88. The van der Waals surface area contributed by atoms with Gasteiger partial charge in [-0.2, -0.15) is 0 Å². The van der Waals surface area contributed by atoms with E-state index in [1.54, 1.807) is 24.3 Å². The number of nitrogens with one attached hydrogen (secondary N) is 2. The van der Waals surface area contributed by atoms with Crippen molar-refractivity contribution < 1.29 is 9.59 Å². The van der Waals surface area contributed by atoms with Crippen molar-refractivity contribution in [2.24, 2.45) is 0 Å². The Morgan fingerprint density at radius 3 is 2.60 bits per heavy atom. The number of hydrogen-bond donors (Lipinski definition) is 2. The van der Waals surface area contributed by atoms with Crippen molar-refractivity contribution >= 4 is 28.8 Å². The van der Waals surface area contributed by atoms with E-state index in [0.29, 0.717) is 24.2 Å². The van der Waals surface area contributed by atoms with E-state index in [4.69, 9.17) is 0 Å². The molecule has 3 aromatic rings. The number of carbonyl (C=O) groups excluding carboxylic acids is 2. The number of benzene rings is 1. The highest BCUT2D eigenvalue weighted by molar-refractivity contribution is 5.93. The van der Waals surface area contributed by atoms with Crippen LogP contribution in [0.5, 0.6) is 0 Å². The van der Waals surface area contributed by atoms with Crippen LogP contribution >= 0.6 is 0 Å². The van der Waals surface area contributed by atoms with Crippen LogP contribution in [0.3, 0.4) is 0 Å². The van der Waals surface area contributed by atoms with Gasteiger partial charge >= 0.3 is 0 Å². The number of amides is 2. The number of aromatic nitrogens is 2. The van der Waals surface area contributed by atoms with E-state index in [1.807, 2.05) is 35.7 Å². The lowest BCUT2D eigenvalue weighted by atomic mass is 10.2. The molecule has 0 aliphatic rings. The molecule has 0 fully saturated rings. The summed E-state index contributed by atoms with van der Waals surface area (Å²) >= 11 is 0. The highest BCUT2D eigenvalue weighted by Crippen LogP contribution is 2.17. The van der Waals surface area contributed by atoms with Gasteiger partial charge in [-0.15, -0.1) is 0 Å². The predicted octanol–water partition coefficient (Wildman–Crippen LogP) is 3.17. The van der Waals surface area contributed by atoms with Gasteiger partial charge in [0.15, 0.2) is 0 Å². The summed E-state index contributed by atoms with van der Waals surface area (Å²) in [6.07, 6.45) is 2.92. The summed E-state index contributed by atoms with van der Waals surface area (Å²) in [5.74, 6) is -0.225. The number of hydrogen-bond acceptors (Lipinski definition) is 3. The van der Waals surface area contributed by atoms with E-state index in [0.717, 1.165) is 17.0 Å². The van der Waals surface area contributed by atoms with Crippen molar-refractivity contribution in [3.05, 3.63) is 60.0 Å². The van der Waals surface area contributed by atoms with Crippen molar-refractivity contribution in [1.82, 2.24) is 9.38 Å². The van der Waals surface area contributed by atoms with E-state index < -0.39 is 0 Å². The van der Waals surface area contributed by atoms with Gasteiger partial charge in [0.05, 0.1) is 5.69 Å². The van der Waals surface area contributed by atoms with Gasteiger partial charge in [-0.3, -0.25) is 9.59 Å². The molecule has 2 amide bonds. The zero-order valence-electron chi connectivity index (χ0n) is 14.2. The Bertz CT molecular complexity index is 930. The van der Waals surface area contributed by atoms with Crippen LogP contribution in [0.1, 0.15) is 24.7 Å². The largest absolute Gasteiger partial charge is 0.326 e. The Labute approximate surface area is 145 Å². The molecule has 0 radical (unpaired) electrons. The monoisotopic (exact) mass is 336 g/mol. The van der Waals surface area contributed by atoms with Gasteiger partial charge in [-0.1, -0.05) is 12.1 Å². The number of imidazole rings is 1. The molecule has 6 heteroatoms. The highest BCUT2D eigenvalue weighted by Gasteiger charge is 2.11. The first kappa shape index (κ1) is 16.7. The van der Waals surface area contributed by atoms with Crippen LogP contribution in [0.15, 0.2) is 48.7 Å². The van der Waals surface area contributed by atoms with Crippen molar-refractivity contribution in [3.8, 4) is 0 Å². The topological polar surface area (TPSA) is 75.5 Å². The standard InChI is InChI=1S/C19H20N4O2/c1-13-17(23-11-4-3-8-18(23)20-13)9-10-19(25)22-16-7-5-6-15(12-16)21-14(2)24/h3-8,11-12H,9-10H2,1-2H3,(H,21,24)(H,22,25). The molecule has 0 spiro atoms. The summed E-state index contributed by atoms with van der Waals surface area (Å²) in [4.78, 5) is 27.9. The van der Waals surface area contributed by atoms with E-state index in [9.17, 15) is 9.59 Å². The Morgan fingerprint density at radius 2 is 1.84 bits per heavy atom. The molecule has 3 rings (SSSR count). The maximum Gasteiger partial charge on any atom is 0.224 e. The zero-order valence-corrected chi connectivity index (χ0v) is 14.2. The fourth-order valence-electron chi connectivity index (χ4n) is 2.80. The van der Waals surface area contributed by atoms with Crippen LogP contribution in [-0.4, -0.2) is 21.2 Å². The Balaban J connectivity index is 1.65. The summed E-state index contributed by atoms with van der Waals surface area (Å²) in [6, 6.07) is 12.9. The first-order valence-electron chi connectivity index (χ1n) is 8.13. The molecule has 128 valence electrons. The normalized spacial score (nSPS) is 10.6. The Morgan fingerprint density at radius 1 is 1.08 bits per heavy atom. The van der Waals surface area contributed by atoms with Gasteiger partial charge in [0.25, 0.3) is 0 Å². The molecule has 1 aromatic carbocycles. The predicted molar refractivity (Wildman–Crippen MR) is 97.6 cm³/mol. The second kappa shape index (κ2) is 7.17. The summed E-state index contributed by atoms with van der Waals surface area (Å²) in [6.45, 7) is 3.40. The van der Waals surface area contributed by atoms with Crippen molar-refractivity contribution in [2.75, 3.05) is 10.6 Å². The zero-order chi connectivity index (χ0) is 17.8. The lowest BCUT2D eigenvalue weighted by molar-refractivity contribution is -0.116. The minimum absolute atomic E-state index is 0.0785. The van der Waals surface area contributed by atoms with Crippen LogP contribution in [0.2, 0.25) is 0 Å². The molecule has 0 saturated carbocycles. The van der Waals surface area contributed by atoms with E-state index in [1.165, 1.54) is 6.92 Å². The summed E-state index contributed by atoms with van der Waals surface area (Å²) in [5.41, 5.74) is 4.18. The number of nitrogens with zero attached hydrogens (tertiary/aromatic N) is 2. The third kappa shape index (κ3) is 4.03. The molecule has 0 bridgehead atoms.